The number of rotatable bonds is 2. The summed E-state index contributed by atoms with van der Waals surface area (Å²) in [6.45, 7) is 4.35. The number of aryl methyl sites for hydroxylation is 1. The fourth-order valence-electron chi connectivity index (χ4n) is 3.75. The Labute approximate surface area is 120 Å². The van der Waals surface area contributed by atoms with E-state index in [0.29, 0.717) is 6.04 Å². The summed E-state index contributed by atoms with van der Waals surface area (Å²) in [5, 5.41) is 0. The zero-order valence-corrected chi connectivity index (χ0v) is 12.6. The molecule has 0 bridgehead atoms. The normalized spacial score (nSPS) is 32.0. The van der Waals surface area contributed by atoms with Crippen molar-refractivity contribution in [1.82, 2.24) is 4.90 Å². The van der Waals surface area contributed by atoms with Gasteiger partial charge in [-0.2, -0.15) is 11.8 Å². The summed E-state index contributed by atoms with van der Waals surface area (Å²) in [4.78, 5) is 2.71. The largest absolute Gasteiger partial charge is 0.329 e. The summed E-state index contributed by atoms with van der Waals surface area (Å²) in [6.07, 6.45) is 3.54. The first-order valence-electron chi connectivity index (χ1n) is 7.36. The fraction of sp³-hybridized carbons (Fsp3) is 0.625. The van der Waals surface area contributed by atoms with Gasteiger partial charge in [-0.1, -0.05) is 24.3 Å². The monoisotopic (exact) mass is 276 g/mol. The Balaban J connectivity index is 1.88. The molecular weight excluding hydrogens is 252 g/mol. The van der Waals surface area contributed by atoms with E-state index in [1.807, 2.05) is 0 Å². The Bertz CT molecular complexity index is 448. The highest BCUT2D eigenvalue weighted by Gasteiger charge is 2.41. The first-order chi connectivity index (χ1) is 9.25. The fourth-order valence-corrected chi connectivity index (χ4v) is 4.77. The highest BCUT2D eigenvalue weighted by atomic mass is 32.2. The first-order valence-corrected chi connectivity index (χ1v) is 8.52. The second kappa shape index (κ2) is 5.47. The summed E-state index contributed by atoms with van der Waals surface area (Å²) in [5.41, 5.74) is 9.49. The Hall–Kier alpha value is -0.510. The smallest absolute Gasteiger partial charge is 0.0378 e. The molecule has 3 heteroatoms. The van der Waals surface area contributed by atoms with Crippen LogP contribution in [0, 0.1) is 0 Å². The SMILES string of the molecule is CC1CSCCN1C1(CN)CCc2ccccc2C1. The van der Waals surface area contributed by atoms with Crippen LogP contribution in [0.5, 0.6) is 0 Å². The summed E-state index contributed by atoms with van der Waals surface area (Å²) in [5.74, 6) is 2.51. The third-order valence-corrected chi connectivity index (χ3v) is 6.04. The predicted octanol–water partition coefficient (Wildman–Crippen LogP) is 2.31. The zero-order valence-electron chi connectivity index (χ0n) is 11.8. The molecule has 1 aliphatic heterocycles. The summed E-state index contributed by atoms with van der Waals surface area (Å²) >= 11 is 2.08. The van der Waals surface area contributed by atoms with Gasteiger partial charge in [0, 0.05) is 36.2 Å². The van der Waals surface area contributed by atoms with Crippen LogP contribution in [0.25, 0.3) is 0 Å². The molecular formula is C16H24N2S. The van der Waals surface area contributed by atoms with Gasteiger partial charge in [0.25, 0.3) is 0 Å². The molecule has 0 aromatic heterocycles. The van der Waals surface area contributed by atoms with Crippen molar-refractivity contribution in [2.75, 3.05) is 24.6 Å². The molecule has 0 radical (unpaired) electrons. The molecule has 1 saturated heterocycles. The van der Waals surface area contributed by atoms with Gasteiger partial charge >= 0.3 is 0 Å². The average Bonchev–Trinajstić information content (AvgIpc) is 2.47. The molecule has 2 aliphatic rings. The Morgan fingerprint density at radius 3 is 2.89 bits per heavy atom. The molecule has 3 rings (SSSR count). The number of fused-ring (bicyclic) bond motifs is 1. The molecule has 104 valence electrons. The molecule has 1 fully saturated rings. The van der Waals surface area contributed by atoms with Gasteiger partial charge in [0.05, 0.1) is 0 Å². The van der Waals surface area contributed by atoms with E-state index in [4.69, 9.17) is 5.73 Å². The molecule has 1 heterocycles. The third kappa shape index (κ3) is 2.44. The number of nitrogens with two attached hydrogens (primary N) is 1. The van der Waals surface area contributed by atoms with Gasteiger partial charge in [0.2, 0.25) is 0 Å². The van der Waals surface area contributed by atoms with E-state index in [9.17, 15) is 0 Å². The second-order valence-corrected chi connectivity index (χ2v) is 7.14. The minimum Gasteiger partial charge on any atom is -0.329 e. The van der Waals surface area contributed by atoms with Crippen molar-refractivity contribution >= 4 is 11.8 Å². The standard InChI is InChI=1S/C16H24N2S/c1-13-11-19-9-8-18(13)16(12-17)7-6-14-4-2-3-5-15(14)10-16/h2-5,13H,6-12,17H2,1H3. The maximum Gasteiger partial charge on any atom is 0.0378 e. The lowest BCUT2D eigenvalue weighted by Crippen LogP contribution is -2.62. The summed E-state index contributed by atoms with van der Waals surface area (Å²) < 4.78 is 0. The van der Waals surface area contributed by atoms with Gasteiger partial charge in [0.15, 0.2) is 0 Å². The van der Waals surface area contributed by atoms with Crippen LogP contribution < -0.4 is 5.73 Å². The van der Waals surface area contributed by atoms with E-state index in [2.05, 4.69) is 47.9 Å². The molecule has 1 aliphatic carbocycles. The predicted molar refractivity (Wildman–Crippen MR) is 83.7 cm³/mol. The Morgan fingerprint density at radius 1 is 1.37 bits per heavy atom. The van der Waals surface area contributed by atoms with Gasteiger partial charge < -0.3 is 5.73 Å². The van der Waals surface area contributed by atoms with Crippen molar-refractivity contribution in [2.24, 2.45) is 5.73 Å². The Morgan fingerprint density at radius 2 is 2.16 bits per heavy atom. The highest BCUT2D eigenvalue weighted by molar-refractivity contribution is 7.99. The first kappa shape index (κ1) is 13.5. The topological polar surface area (TPSA) is 29.3 Å². The van der Waals surface area contributed by atoms with Crippen LogP contribution in [0.2, 0.25) is 0 Å². The molecule has 19 heavy (non-hydrogen) atoms. The molecule has 1 aromatic carbocycles. The van der Waals surface area contributed by atoms with Gasteiger partial charge in [-0.25, -0.2) is 0 Å². The van der Waals surface area contributed by atoms with Crippen LogP contribution in [0.1, 0.15) is 24.5 Å². The van der Waals surface area contributed by atoms with E-state index in [-0.39, 0.29) is 5.54 Å². The molecule has 0 amide bonds. The van der Waals surface area contributed by atoms with Crippen molar-refractivity contribution in [2.45, 2.75) is 37.8 Å². The van der Waals surface area contributed by atoms with Crippen molar-refractivity contribution in [3.05, 3.63) is 35.4 Å². The minimum absolute atomic E-state index is 0.203. The molecule has 0 saturated carbocycles. The molecule has 2 N–H and O–H groups in total. The lowest BCUT2D eigenvalue weighted by atomic mass is 9.76. The van der Waals surface area contributed by atoms with Crippen LogP contribution in [-0.4, -0.2) is 41.1 Å². The number of hydrogen-bond acceptors (Lipinski definition) is 3. The average molecular weight is 276 g/mol. The lowest BCUT2D eigenvalue weighted by Gasteiger charge is -2.50. The Kier molecular flexibility index (Phi) is 3.88. The van der Waals surface area contributed by atoms with Crippen LogP contribution in [0.15, 0.2) is 24.3 Å². The molecule has 0 spiro atoms. The summed E-state index contributed by atoms with van der Waals surface area (Å²) in [7, 11) is 0. The maximum absolute atomic E-state index is 6.24. The van der Waals surface area contributed by atoms with Crippen LogP contribution >= 0.6 is 11.8 Å². The zero-order chi connectivity index (χ0) is 13.3. The number of thioether (sulfide) groups is 1. The van der Waals surface area contributed by atoms with Gasteiger partial charge in [-0.05, 0) is 37.3 Å². The highest BCUT2D eigenvalue weighted by Crippen LogP contribution is 2.36. The van der Waals surface area contributed by atoms with Gasteiger partial charge in [-0.3, -0.25) is 4.90 Å². The molecule has 2 unspecified atom stereocenters. The van der Waals surface area contributed by atoms with Gasteiger partial charge in [0.1, 0.15) is 0 Å². The second-order valence-electron chi connectivity index (χ2n) is 5.99. The molecule has 1 aromatic rings. The van der Waals surface area contributed by atoms with Crippen LogP contribution in [0.4, 0.5) is 0 Å². The molecule has 2 atom stereocenters. The van der Waals surface area contributed by atoms with E-state index in [1.165, 1.54) is 42.0 Å². The third-order valence-electron chi connectivity index (χ3n) is 4.85. The van der Waals surface area contributed by atoms with Crippen molar-refractivity contribution < 1.29 is 0 Å². The maximum atomic E-state index is 6.24. The van der Waals surface area contributed by atoms with E-state index < -0.39 is 0 Å². The number of hydrogen-bond donors (Lipinski definition) is 1. The number of benzene rings is 1. The van der Waals surface area contributed by atoms with Crippen LogP contribution in [-0.2, 0) is 12.8 Å². The lowest BCUT2D eigenvalue weighted by molar-refractivity contribution is 0.0542. The van der Waals surface area contributed by atoms with E-state index in [0.717, 1.165) is 13.0 Å². The molecule has 2 nitrogen and oxygen atoms in total. The number of nitrogens with zero attached hydrogens (tertiary/aromatic N) is 1. The van der Waals surface area contributed by atoms with E-state index in [1.54, 1.807) is 0 Å². The van der Waals surface area contributed by atoms with Gasteiger partial charge in [-0.15, -0.1) is 0 Å². The van der Waals surface area contributed by atoms with Crippen molar-refractivity contribution in [3.63, 3.8) is 0 Å². The quantitative estimate of drug-likeness (QED) is 0.899. The van der Waals surface area contributed by atoms with E-state index >= 15 is 0 Å². The van der Waals surface area contributed by atoms with Crippen LogP contribution in [0.3, 0.4) is 0 Å². The summed E-state index contributed by atoms with van der Waals surface area (Å²) in [6, 6.07) is 9.57. The minimum atomic E-state index is 0.203. The van der Waals surface area contributed by atoms with Crippen molar-refractivity contribution in [1.29, 1.82) is 0 Å². The van der Waals surface area contributed by atoms with Crippen molar-refractivity contribution in [3.8, 4) is 0 Å².